The van der Waals surface area contributed by atoms with Crippen LogP contribution in [0.4, 0.5) is 0 Å². The quantitative estimate of drug-likeness (QED) is 0.919. The molecule has 108 valence electrons. The number of nitrogens with one attached hydrogen (secondary N) is 1. The van der Waals surface area contributed by atoms with Gasteiger partial charge in [-0.3, -0.25) is 4.79 Å². The van der Waals surface area contributed by atoms with Crippen LogP contribution in [0, 0.1) is 5.92 Å². The van der Waals surface area contributed by atoms with Gasteiger partial charge in [0.1, 0.15) is 11.9 Å². The van der Waals surface area contributed by atoms with Gasteiger partial charge in [-0.2, -0.15) is 0 Å². The Labute approximate surface area is 127 Å². The normalized spacial score (nSPS) is 24.3. The van der Waals surface area contributed by atoms with Gasteiger partial charge < -0.3 is 14.8 Å². The molecule has 1 N–H and O–H groups in total. The van der Waals surface area contributed by atoms with Crippen LogP contribution >= 0.6 is 15.9 Å². The van der Waals surface area contributed by atoms with Crippen LogP contribution in [0.15, 0.2) is 16.6 Å². The Morgan fingerprint density at radius 2 is 2.30 bits per heavy atom. The van der Waals surface area contributed by atoms with Gasteiger partial charge in [0.25, 0.3) is 0 Å². The lowest BCUT2D eigenvalue weighted by molar-refractivity contribution is -0.131. The van der Waals surface area contributed by atoms with Gasteiger partial charge in [0.05, 0.1) is 6.61 Å². The number of halogens is 1. The van der Waals surface area contributed by atoms with E-state index in [0.717, 1.165) is 35.2 Å². The summed E-state index contributed by atoms with van der Waals surface area (Å²) in [6.45, 7) is 3.93. The third-order valence-electron chi connectivity index (χ3n) is 3.92. The van der Waals surface area contributed by atoms with Gasteiger partial charge >= 0.3 is 0 Å². The first-order valence-corrected chi connectivity index (χ1v) is 7.78. The Bertz CT molecular complexity index is 532. The molecule has 2 unspecified atom stereocenters. The summed E-state index contributed by atoms with van der Waals surface area (Å²) in [5, 5.41) is 2.96. The SMILES string of the molecule is CC1CCOC1C(=O)NCc1cc(Br)cc2c1OCC2. The van der Waals surface area contributed by atoms with Crippen molar-refractivity contribution in [2.24, 2.45) is 5.92 Å². The number of ether oxygens (including phenoxy) is 2. The second-order valence-corrected chi connectivity index (χ2v) is 6.34. The first-order valence-electron chi connectivity index (χ1n) is 6.98. The lowest BCUT2D eigenvalue weighted by Gasteiger charge is -2.15. The summed E-state index contributed by atoms with van der Waals surface area (Å²) < 4.78 is 12.2. The Morgan fingerprint density at radius 1 is 1.45 bits per heavy atom. The summed E-state index contributed by atoms with van der Waals surface area (Å²) in [6.07, 6.45) is 1.57. The van der Waals surface area contributed by atoms with E-state index in [4.69, 9.17) is 9.47 Å². The summed E-state index contributed by atoms with van der Waals surface area (Å²) >= 11 is 3.51. The van der Waals surface area contributed by atoms with E-state index in [1.165, 1.54) is 5.56 Å². The van der Waals surface area contributed by atoms with E-state index in [1.54, 1.807) is 0 Å². The topological polar surface area (TPSA) is 47.6 Å². The zero-order chi connectivity index (χ0) is 14.1. The van der Waals surface area contributed by atoms with Gasteiger partial charge in [-0.15, -0.1) is 0 Å². The molecule has 4 nitrogen and oxygen atoms in total. The molecule has 1 fully saturated rings. The Morgan fingerprint density at radius 3 is 3.05 bits per heavy atom. The van der Waals surface area contributed by atoms with Gasteiger partial charge in [0.15, 0.2) is 0 Å². The summed E-state index contributed by atoms with van der Waals surface area (Å²) in [7, 11) is 0. The molecule has 0 aromatic heterocycles. The van der Waals surface area contributed by atoms with Crippen LogP contribution in [0.3, 0.4) is 0 Å². The zero-order valence-electron chi connectivity index (χ0n) is 11.4. The number of amides is 1. The second-order valence-electron chi connectivity index (χ2n) is 5.43. The number of fused-ring (bicyclic) bond motifs is 1. The molecule has 0 spiro atoms. The third kappa shape index (κ3) is 2.69. The van der Waals surface area contributed by atoms with Crippen LogP contribution < -0.4 is 10.1 Å². The number of carbonyl (C=O) groups is 1. The number of hydrogen-bond acceptors (Lipinski definition) is 3. The zero-order valence-corrected chi connectivity index (χ0v) is 13.0. The largest absolute Gasteiger partial charge is 0.493 e. The van der Waals surface area contributed by atoms with Gasteiger partial charge in [-0.25, -0.2) is 0 Å². The molecule has 3 rings (SSSR count). The molecular weight excluding hydrogens is 322 g/mol. The molecule has 0 radical (unpaired) electrons. The molecule has 2 atom stereocenters. The molecule has 5 heteroatoms. The van der Waals surface area contributed by atoms with Crippen molar-refractivity contribution in [2.75, 3.05) is 13.2 Å². The van der Waals surface area contributed by atoms with E-state index < -0.39 is 0 Å². The minimum Gasteiger partial charge on any atom is -0.493 e. The fourth-order valence-corrected chi connectivity index (χ4v) is 3.34. The summed E-state index contributed by atoms with van der Waals surface area (Å²) in [5.41, 5.74) is 2.22. The Kier molecular flexibility index (Phi) is 3.98. The molecule has 1 aromatic carbocycles. The highest BCUT2D eigenvalue weighted by molar-refractivity contribution is 9.10. The van der Waals surface area contributed by atoms with Crippen LogP contribution in [0.2, 0.25) is 0 Å². The van der Waals surface area contributed by atoms with Crippen LogP contribution in [0.25, 0.3) is 0 Å². The summed E-state index contributed by atoms with van der Waals surface area (Å²) in [4.78, 5) is 12.1. The molecule has 1 amide bonds. The van der Waals surface area contributed by atoms with Crippen molar-refractivity contribution < 1.29 is 14.3 Å². The molecule has 0 bridgehead atoms. The minimum atomic E-state index is -0.309. The maximum absolute atomic E-state index is 12.1. The average Bonchev–Trinajstić information content (AvgIpc) is 3.03. The highest BCUT2D eigenvalue weighted by Crippen LogP contribution is 2.33. The van der Waals surface area contributed by atoms with Crippen LogP contribution in [-0.4, -0.2) is 25.2 Å². The molecule has 0 aliphatic carbocycles. The fraction of sp³-hybridized carbons (Fsp3) is 0.533. The monoisotopic (exact) mass is 339 g/mol. The Hall–Kier alpha value is -1.07. The first kappa shape index (κ1) is 13.9. The molecule has 20 heavy (non-hydrogen) atoms. The van der Waals surface area contributed by atoms with Crippen molar-refractivity contribution in [1.82, 2.24) is 5.32 Å². The fourth-order valence-electron chi connectivity index (χ4n) is 2.79. The second kappa shape index (κ2) is 5.74. The molecule has 2 heterocycles. The van der Waals surface area contributed by atoms with Crippen molar-refractivity contribution in [3.8, 4) is 5.75 Å². The lowest BCUT2D eigenvalue weighted by Crippen LogP contribution is -2.36. The highest BCUT2D eigenvalue weighted by atomic mass is 79.9. The Balaban J connectivity index is 1.68. The smallest absolute Gasteiger partial charge is 0.249 e. The van der Waals surface area contributed by atoms with Crippen molar-refractivity contribution in [1.29, 1.82) is 0 Å². The molecule has 2 aliphatic heterocycles. The summed E-state index contributed by atoms with van der Waals surface area (Å²) in [5.74, 6) is 1.19. The first-order chi connectivity index (χ1) is 9.65. The van der Waals surface area contributed by atoms with Gasteiger partial charge in [0.2, 0.25) is 5.91 Å². The number of carbonyl (C=O) groups excluding carboxylic acids is 1. The van der Waals surface area contributed by atoms with Crippen molar-refractivity contribution >= 4 is 21.8 Å². The highest BCUT2D eigenvalue weighted by Gasteiger charge is 2.30. The predicted molar refractivity (Wildman–Crippen MR) is 78.7 cm³/mol. The maximum atomic E-state index is 12.1. The van der Waals surface area contributed by atoms with E-state index in [1.807, 2.05) is 6.07 Å². The predicted octanol–water partition coefficient (Wildman–Crippen LogP) is 2.43. The van der Waals surface area contributed by atoms with E-state index >= 15 is 0 Å². The van der Waals surface area contributed by atoms with Crippen molar-refractivity contribution in [2.45, 2.75) is 32.4 Å². The third-order valence-corrected chi connectivity index (χ3v) is 4.38. The number of hydrogen-bond donors (Lipinski definition) is 1. The van der Waals surface area contributed by atoms with Gasteiger partial charge in [-0.05, 0) is 30.0 Å². The standard InChI is InChI=1S/C15H18BrNO3/c1-9-2-4-19-13(9)15(18)17-8-11-7-12(16)6-10-3-5-20-14(10)11/h6-7,9,13H,2-5,8H2,1H3,(H,17,18). The van der Waals surface area contributed by atoms with Crippen molar-refractivity contribution in [3.05, 3.63) is 27.7 Å². The maximum Gasteiger partial charge on any atom is 0.249 e. The van der Waals surface area contributed by atoms with Crippen LogP contribution in [0.1, 0.15) is 24.5 Å². The molecular formula is C15H18BrNO3. The molecule has 1 aromatic rings. The van der Waals surface area contributed by atoms with E-state index in [9.17, 15) is 4.79 Å². The van der Waals surface area contributed by atoms with E-state index in [0.29, 0.717) is 19.1 Å². The average molecular weight is 340 g/mol. The van der Waals surface area contributed by atoms with Crippen LogP contribution in [-0.2, 0) is 22.5 Å². The molecule has 2 aliphatic rings. The van der Waals surface area contributed by atoms with Crippen LogP contribution in [0.5, 0.6) is 5.75 Å². The van der Waals surface area contributed by atoms with Gasteiger partial charge in [-0.1, -0.05) is 22.9 Å². The lowest BCUT2D eigenvalue weighted by atomic mass is 10.0. The van der Waals surface area contributed by atoms with E-state index in [2.05, 4.69) is 34.2 Å². The van der Waals surface area contributed by atoms with Crippen molar-refractivity contribution in [3.63, 3.8) is 0 Å². The number of rotatable bonds is 3. The number of benzene rings is 1. The molecule has 0 saturated carbocycles. The summed E-state index contributed by atoms with van der Waals surface area (Å²) in [6, 6.07) is 4.08. The molecule has 1 saturated heterocycles. The van der Waals surface area contributed by atoms with E-state index in [-0.39, 0.29) is 12.0 Å². The van der Waals surface area contributed by atoms with Gasteiger partial charge in [0, 0.05) is 29.6 Å². The minimum absolute atomic E-state index is 0.0262.